The predicted octanol–water partition coefficient (Wildman–Crippen LogP) is 0.0421. The molecule has 0 radical (unpaired) electrons. The van der Waals surface area contributed by atoms with E-state index in [9.17, 15) is 16.8 Å². The van der Waals surface area contributed by atoms with Crippen LogP contribution in [0.1, 0.15) is 6.92 Å². The van der Waals surface area contributed by atoms with E-state index in [0.717, 1.165) is 0 Å². The number of nitrogens with one attached hydrogen (secondary N) is 2. The van der Waals surface area contributed by atoms with Gasteiger partial charge in [-0.25, -0.2) is 8.42 Å². The van der Waals surface area contributed by atoms with E-state index in [1.165, 1.54) is 28.6 Å². The van der Waals surface area contributed by atoms with Gasteiger partial charge in [-0.2, -0.15) is 12.7 Å². The molecule has 21 heavy (non-hydrogen) atoms. The third-order valence-corrected chi connectivity index (χ3v) is 6.55. The third-order valence-electron chi connectivity index (χ3n) is 3.26. The SMILES string of the molecule is CCS(=O)(=O)c1ccc(NS(=O)(=O)N2CCNCC2)cc1. The summed E-state index contributed by atoms with van der Waals surface area (Å²) in [5, 5.41) is 3.08. The van der Waals surface area contributed by atoms with Gasteiger partial charge in [-0.1, -0.05) is 6.92 Å². The topological polar surface area (TPSA) is 95.6 Å². The molecule has 1 aromatic carbocycles. The van der Waals surface area contributed by atoms with E-state index in [4.69, 9.17) is 0 Å². The molecule has 1 aliphatic rings. The molecular weight excluding hydrogens is 314 g/mol. The smallest absolute Gasteiger partial charge is 0.301 e. The van der Waals surface area contributed by atoms with Crippen LogP contribution in [0.15, 0.2) is 29.2 Å². The Bertz CT molecular complexity index is 678. The van der Waals surface area contributed by atoms with Gasteiger partial charge in [0.15, 0.2) is 9.84 Å². The van der Waals surface area contributed by atoms with Crippen molar-refractivity contribution in [2.75, 3.05) is 36.7 Å². The van der Waals surface area contributed by atoms with E-state index in [0.29, 0.717) is 31.9 Å². The van der Waals surface area contributed by atoms with E-state index in [1.807, 2.05) is 0 Å². The van der Waals surface area contributed by atoms with Crippen LogP contribution in [0.2, 0.25) is 0 Å². The number of hydrogen-bond donors (Lipinski definition) is 2. The number of sulfone groups is 1. The van der Waals surface area contributed by atoms with Crippen molar-refractivity contribution in [3.05, 3.63) is 24.3 Å². The molecule has 0 atom stereocenters. The molecule has 0 spiro atoms. The fraction of sp³-hybridized carbons (Fsp3) is 0.500. The maximum atomic E-state index is 12.2. The van der Waals surface area contributed by atoms with Crippen LogP contribution in [0.25, 0.3) is 0 Å². The molecule has 0 amide bonds. The molecule has 7 nitrogen and oxygen atoms in total. The molecule has 118 valence electrons. The standard InChI is InChI=1S/C12H19N3O4S2/c1-2-20(16,17)12-5-3-11(4-6-12)14-21(18,19)15-9-7-13-8-10-15/h3-6,13-14H,2,7-10H2,1H3. The third kappa shape index (κ3) is 3.94. The Labute approximate surface area is 125 Å². The molecule has 2 N–H and O–H groups in total. The van der Waals surface area contributed by atoms with Crippen LogP contribution in [-0.2, 0) is 20.0 Å². The summed E-state index contributed by atoms with van der Waals surface area (Å²) in [6, 6.07) is 5.74. The lowest BCUT2D eigenvalue weighted by molar-refractivity contribution is 0.362. The molecule has 1 aliphatic heterocycles. The van der Waals surface area contributed by atoms with E-state index in [2.05, 4.69) is 10.0 Å². The maximum Gasteiger partial charge on any atom is 0.301 e. The van der Waals surface area contributed by atoms with E-state index >= 15 is 0 Å². The van der Waals surface area contributed by atoms with Gasteiger partial charge in [0.05, 0.1) is 10.6 Å². The molecule has 1 aromatic rings. The Morgan fingerprint density at radius 2 is 1.67 bits per heavy atom. The van der Waals surface area contributed by atoms with E-state index < -0.39 is 20.0 Å². The zero-order valence-electron chi connectivity index (χ0n) is 11.7. The van der Waals surface area contributed by atoms with Crippen LogP contribution in [0.5, 0.6) is 0 Å². The van der Waals surface area contributed by atoms with Gasteiger partial charge in [0.1, 0.15) is 0 Å². The summed E-state index contributed by atoms with van der Waals surface area (Å²) in [5.41, 5.74) is 0.351. The van der Waals surface area contributed by atoms with E-state index in [-0.39, 0.29) is 10.6 Å². The molecule has 1 heterocycles. The fourth-order valence-electron chi connectivity index (χ4n) is 2.00. The van der Waals surface area contributed by atoms with Gasteiger partial charge >= 0.3 is 10.2 Å². The Morgan fingerprint density at radius 3 is 2.19 bits per heavy atom. The van der Waals surface area contributed by atoms with Gasteiger partial charge in [-0.05, 0) is 24.3 Å². The van der Waals surface area contributed by atoms with Crippen LogP contribution in [0.3, 0.4) is 0 Å². The lowest BCUT2D eigenvalue weighted by Gasteiger charge is -2.26. The Hall–Kier alpha value is -1.16. The highest BCUT2D eigenvalue weighted by Gasteiger charge is 2.23. The van der Waals surface area contributed by atoms with Crippen molar-refractivity contribution in [2.45, 2.75) is 11.8 Å². The van der Waals surface area contributed by atoms with Crippen LogP contribution >= 0.6 is 0 Å². The van der Waals surface area contributed by atoms with Crippen molar-refractivity contribution in [2.24, 2.45) is 0 Å². The number of hydrogen-bond acceptors (Lipinski definition) is 5. The minimum atomic E-state index is -3.60. The Morgan fingerprint density at radius 1 is 1.10 bits per heavy atom. The average Bonchev–Trinajstić information content (AvgIpc) is 2.48. The highest BCUT2D eigenvalue weighted by atomic mass is 32.2. The summed E-state index contributed by atoms with van der Waals surface area (Å²) < 4.78 is 51.5. The van der Waals surface area contributed by atoms with Crippen molar-refractivity contribution in [1.82, 2.24) is 9.62 Å². The number of benzene rings is 1. The van der Waals surface area contributed by atoms with E-state index in [1.54, 1.807) is 6.92 Å². The van der Waals surface area contributed by atoms with Crippen molar-refractivity contribution in [1.29, 1.82) is 0 Å². The summed E-state index contributed by atoms with van der Waals surface area (Å²) >= 11 is 0. The molecule has 0 aromatic heterocycles. The molecule has 0 aliphatic carbocycles. The second kappa shape index (κ2) is 6.30. The van der Waals surface area contributed by atoms with Gasteiger partial charge in [-0.15, -0.1) is 0 Å². The van der Waals surface area contributed by atoms with Gasteiger partial charge in [0.2, 0.25) is 0 Å². The minimum Gasteiger partial charge on any atom is -0.314 e. The first kappa shape index (κ1) is 16.2. The first-order valence-electron chi connectivity index (χ1n) is 6.66. The highest BCUT2D eigenvalue weighted by molar-refractivity contribution is 7.91. The lowest BCUT2D eigenvalue weighted by Crippen LogP contribution is -2.48. The van der Waals surface area contributed by atoms with Gasteiger partial charge in [0.25, 0.3) is 0 Å². The predicted molar refractivity (Wildman–Crippen MR) is 81.2 cm³/mol. The second-order valence-electron chi connectivity index (χ2n) is 4.68. The van der Waals surface area contributed by atoms with Crippen molar-refractivity contribution < 1.29 is 16.8 Å². The molecule has 1 fully saturated rings. The van der Waals surface area contributed by atoms with Crippen LogP contribution < -0.4 is 10.0 Å². The highest BCUT2D eigenvalue weighted by Crippen LogP contribution is 2.17. The molecule has 1 saturated heterocycles. The van der Waals surface area contributed by atoms with Gasteiger partial charge in [0, 0.05) is 31.9 Å². The average molecular weight is 333 g/mol. The number of anilines is 1. The van der Waals surface area contributed by atoms with Crippen molar-refractivity contribution in [3.63, 3.8) is 0 Å². The summed E-state index contributed by atoms with van der Waals surface area (Å²) in [4.78, 5) is 0.190. The number of rotatable bonds is 5. The summed E-state index contributed by atoms with van der Waals surface area (Å²) in [5.74, 6) is 0.0127. The first-order chi connectivity index (χ1) is 9.85. The quantitative estimate of drug-likeness (QED) is 0.793. The fourth-order valence-corrected chi connectivity index (χ4v) is 4.11. The summed E-state index contributed by atoms with van der Waals surface area (Å²) in [6.07, 6.45) is 0. The molecular formula is C12H19N3O4S2. The molecule has 9 heteroatoms. The van der Waals surface area contributed by atoms with Crippen molar-refractivity contribution in [3.8, 4) is 0 Å². The molecule has 2 rings (SSSR count). The van der Waals surface area contributed by atoms with Crippen molar-refractivity contribution >= 4 is 25.7 Å². The Balaban J connectivity index is 2.13. The summed E-state index contributed by atoms with van der Waals surface area (Å²) in [6.45, 7) is 3.63. The lowest BCUT2D eigenvalue weighted by atomic mass is 10.3. The molecule has 0 unspecified atom stereocenters. The van der Waals surface area contributed by atoms with Gasteiger partial charge < -0.3 is 5.32 Å². The summed E-state index contributed by atoms with van der Waals surface area (Å²) in [7, 11) is -6.87. The molecule has 0 bridgehead atoms. The zero-order valence-corrected chi connectivity index (χ0v) is 13.4. The number of piperazine rings is 1. The molecule has 0 saturated carbocycles. The van der Waals surface area contributed by atoms with Crippen LogP contribution in [0, 0.1) is 0 Å². The number of nitrogens with zero attached hydrogens (tertiary/aromatic N) is 1. The second-order valence-corrected chi connectivity index (χ2v) is 8.63. The van der Waals surface area contributed by atoms with Crippen LogP contribution in [0.4, 0.5) is 5.69 Å². The monoisotopic (exact) mass is 333 g/mol. The minimum absolute atomic E-state index is 0.0127. The maximum absolute atomic E-state index is 12.2. The largest absolute Gasteiger partial charge is 0.314 e. The van der Waals surface area contributed by atoms with Crippen LogP contribution in [-0.4, -0.2) is 53.1 Å². The first-order valence-corrected chi connectivity index (χ1v) is 9.76. The Kier molecular flexibility index (Phi) is 4.87. The van der Waals surface area contributed by atoms with Gasteiger partial charge in [-0.3, -0.25) is 4.72 Å². The normalized spacial score (nSPS) is 17.6. The zero-order chi connectivity index (χ0) is 15.5.